The maximum Gasteiger partial charge on any atom is 0.336 e. The molecule has 21 heavy (non-hydrogen) atoms. The Kier molecular flexibility index (Phi) is 18.6. The van der Waals surface area contributed by atoms with Gasteiger partial charge in [0.1, 0.15) is 0 Å². The van der Waals surface area contributed by atoms with Crippen molar-refractivity contribution in [2.75, 3.05) is 0 Å². The molecule has 114 valence electrons. The summed E-state index contributed by atoms with van der Waals surface area (Å²) >= 11 is 0. The van der Waals surface area contributed by atoms with Gasteiger partial charge in [-0.25, -0.2) is 9.59 Å². The molecule has 0 heterocycles. The topological polar surface area (TPSA) is 83.8 Å². The van der Waals surface area contributed by atoms with Crippen molar-refractivity contribution < 1.29 is 24.5 Å². The molecule has 0 unspecified atom stereocenters. The minimum Gasteiger partial charge on any atom is -0.478 e. The van der Waals surface area contributed by atoms with Gasteiger partial charge in [-0.1, -0.05) is 25.3 Å². The molecule has 0 amide bonds. The van der Waals surface area contributed by atoms with Gasteiger partial charge in [0.25, 0.3) is 0 Å². The Bertz CT molecular complexity index is 411. The third kappa shape index (κ3) is 11.7. The average Bonchev–Trinajstić information content (AvgIpc) is 2.52. The van der Waals surface area contributed by atoms with Crippen molar-refractivity contribution in [2.24, 2.45) is 0 Å². The fraction of sp³-hybridized carbons (Fsp3) is 0. The Hall–Kier alpha value is -3.08. The summed E-state index contributed by atoms with van der Waals surface area (Å²) in [5, 5.41) is 17.1. The van der Waals surface area contributed by atoms with Gasteiger partial charge < -0.3 is 14.9 Å². The van der Waals surface area contributed by atoms with Crippen molar-refractivity contribution in [3.8, 4) is 0 Å². The van der Waals surface area contributed by atoms with E-state index in [1.807, 2.05) is 0 Å². The number of carbonyl (C=O) groups is 2. The van der Waals surface area contributed by atoms with Gasteiger partial charge in [0, 0.05) is 0 Å². The molecular weight excluding hydrogens is 272 g/mol. The van der Waals surface area contributed by atoms with Crippen LogP contribution < -0.4 is 0 Å². The number of ether oxygens (including phenoxy) is 1. The first kappa shape index (κ1) is 23.0. The summed E-state index contributed by atoms with van der Waals surface area (Å²) in [6.45, 7) is 18.5. The van der Waals surface area contributed by atoms with Crippen LogP contribution in [0.25, 0.3) is 0 Å². The fourth-order valence-electron chi connectivity index (χ4n) is 0.924. The van der Waals surface area contributed by atoms with E-state index in [-0.39, 0.29) is 11.1 Å². The van der Waals surface area contributed by atoms with Crippen LogP contribution in [0.3, 0.4) is 0 Å². The first-order valence-corrected chi connectivity index (χ1v) is 5.47. The zero-order valence-electron chi connectivity index (χ0n) is 11.8. The lowest BCUT2D eigenvalue weighted by atomic mass is 10.1. The Morgan fingerprint density at radius 3 is 1.29 bits per heavy atom. The fourth-order valence-corrected chi connectivity index (χ4v) is 0.924. The van der Waals surface area contributed by atoms with Gasteiger partial charge in [0.15, 0.2) is 0 Å². The average molecular weight is 292 g/mol. The zero-order chi connectivity index (χ0) is 17.3. The number of carboxylic acids is 2. The van der Waals surface area contributed by atoms with Crippen LogP contribution in [0.15, 0.2) is 76.3 Å². The molecule has 2 N–H and O–H groups in total. The summed E-state index contributed by atoms with van der Waals surface area (Å²) in [6, 6.07) is 5.48. The van der Waals surface area contributed by atoms with E-state index >= 15 is 0 Å². The first-order chi connectivity index (χ1) is 10.0. The molecule has 0 aliphatic carbocycles. The van der Waals surface area contributed by atoms with Crippen LogP contribution in [-0.4, -0.2) is 22.2 Å². The van der Waals surface area contributed by atoms with Gasteiger partial charge in [-0.05, 0) is 12.1 Å². The molecule has 0 saturated heterocycles. The van der Waals surface area contributed by atoms with E-state index in [2.05, 4.69) is 44.2 Å². The summed E-state index contributed by atoms with van der Waals surface area (Å²) in [5.41, 5.74) is -0.380. The summed E-state index contributed by atoms with van der Waals surface area (Å²) in [5.74, 6) is -2.46. The van der Waals surface area contributed by atoms with Gasteiger partial charge in [0.05, 0.1) is 23.7 Å². The highest BCUT2D eigenvalue weighted by atomic mass is 16.5. The molecule has 0 radical (unpaired) electrons. The van der Waals surface area contributed by atoms with E-state index in [0.29, 0.717) is 0 Å². The van der Waals surface area contributed by atoms with Crippen LogP contribution in [0.2, 0.25) is 0 Å². The molecule has 0 aliphatic heterocycles. The van der Waals surface area contributed by atoms with Crippen molar-refractivity contribution in [2.45, 2.75) is 0 Å². The minimum absolute atomic E-state index is 0.190. The number of rotatable bonds is 4. The monoisotopic (exact) mass is 292 g/mol. The summed E-state index contributed by atoms with van der Waals surface area (Å²) in [4.78, 5) is 20.9. The highest BCUT2D eigenvalue weighted by Gasteiger charge is 2.13. The van der Waals surface area contributed by atoms with Gasteiger partial charge >= 0.3 is 11.9 Å². The normalized spacial score (nSPS) is 7.05. The Morgan fingerprint density at radius 2 is 1.14 bits per heavy atom. The molecule has 0 aromatic heterocycles. The lowest BCUT2D eigenvalue weighted by Gasteiger charge is -1.98. The van der Waals surface area contributed by atoms with Gasteiger partial charge in [-0.15, -0.1) is 26.3 Å². The molecule has 0 fully saturated rings. The minimum atomic E-state index is -1.23. The quantitative estimate of drug-likeness (QED) is 0.647. The van der Waals surface area contributed by atoms with Crippen LogP contribution in [0.5, 0.6) is 0 Å². The van der Waals surface area contributed by atoms with Crippen molar-refractivity contribution in [1.29, 1.82) is 0 Å². The van der Waals surface area contributed by atoms with Gasteiger partial charge in [-0.2, -0.15) is 0 Å². The second-order valence-electron chi connectivity index (χ2n) is 2.63. The first-order valence-electron chi connectivity index (χ1n) is 5.47. The SMILES string of the molecule is C=C.C=C.C=COC=C.O=C(O)c1ccccc1C(=O)O. The number of hydrogen-bond acceptors (Lipinski definition) is 3. The van der Waals surface area contributed by atoms with Crippen LogP contribution in [0, 0.1) is 0 Å². The van der Waals surface area contributed by atoms with Crippen molar-refractivity contribution in [3.05, 3.63) is 87.4 Å². The third-order valence-electron chi connectivity index (χ3n) is 1.58. The van der Waals surface area contributed by atoms with Crippen molar-refractivity contribution in [3.63, 3.8) is 0 Å². The predicted octanol–water partition coefficient (Wildman–Crippen LogP) is 3.98. The van der Waals surface area contributed by atoms with E-state index in [9.17, 15) is 9.59 Å². The number of hydrogen-bond donors (Lipinski definition) is 2. The van der Waals surface area contributed by atoms with Crippen LogP contribution in [-0.2, 0) is 4.74 Å². The standard InChI is InChI=1S/C8H6O4.C4H6O.2C2H4/c9-7(10)5-3-1-2-4-6(5)8(11)12;1-3-5-4-2;2*1-2/h1-4H,(H,9,10)(H,11,12);3-4H,1-2H2;2*1-2H2. The van der Waals surface area contributed by atoms with Gasteiger partial charge in [-0.3, -0.25) is 0 Å². The second kappa shape index (κ2) is 16.9. The van der Waals surface area contributed by atoms with E-state index in [0.717, 1.165) is 0 Å². The lowest BCUT2D eigenvalue weighted by molar-refractivity contribution is 0.0651. The molecule has 0 saturated carbocycles. The summed E-state index contributed by atoms with van der Waals surface area (Å²) < 4.78 is 4.36. The van der Waals surface area contributed by atoms with Crippen LogP contribution in [0.4, 0.5) is 0 Å². The van der Waals surface area contributed by atoms with Crippen LogP contribution >= 0.6 is 0 Å². The molecule has 1 aromatic rings. The molecule has 1 aromatic carbocycles. The molecule has 5 nitrogen and oxygen atoms in total. The second-order valence-corrected chi connectivity index (χ2v) is 2.63. The van der Waals surface area contributed by atoms with E-state index in [4.69, 9.17) is 10.2 Å². The third-order valence-corrected chi connectivity index (χ3v) is 1.58. The zero-order valence-corrected chi connectivity index (χ0v) is 11.8. The Labute approximate surface area is 124 Å². The van der Waals surface area contributed by atoms with Crippen molar-refractivity contribution >= 4 is 11.9 Å². The Balaban J connectivity index is -0.000000304. The van der Waals surface area contributed by atoms with E-state index < -0.39 is 11.9 Å². The predicted molar refractivity (Wildman–Crippen MR) is 84.3 cm³/mol. The molecule has 0 aliphatic rings. The number of carboxylic acid groups (broad SMARTS) is 2. The smallest absolute Gasteiger partial charge is 0.336 e. The summed E-state index contributed by atoms with van der Waals surface area (Å²) in [6.07, 6.45) is 2.62. The van der Waals surface area contributed by atoms with E-state index in [1.165, 1.54) is 36.8 Å². The molecule has 0 spiro atoms. The lowest BCUT2D eigenvalue weighted by Crippen LogP contribution is -2.06. The highest BCUT2D eigenvalue weighted by molar-refractivity contribution is 6.01. The molecule has 1 rings (SSSR count). The maximum atomic E-state index is 10.5. The maximum absolute atomic E-state index is 10.5. The Morgan fingerprint density at radius 1 is 0.857 bits per heavy atom. The van der Waals surface area contributed by atoms with Crippen LogP contribution in [0.1, 0.15) is 20.7 Å². The summed E-state index contributed by atoms with van der Waals surface area (Å²) in [7, 11) is 0. The number of benzene rings is 1. The molecule has 0 atom stereocenters. The van der Waals surface area contributed by atoms with Crippen molar-refractivity contribution in [1.82, 2.24) is 0 Å². The van der Waals surface area contributed by atoms with Gasteiger partial charge in [0.2, 0.25) is 0 Å². The van der Waals surface area contributed by atoms with E-state index in [1.54, 1.807) is 0 Å². The largest absolute Gasteiger partial charge is 0.478 e. The molecular formula is C16H20O5. The highest BCUT2D eigenvalue weighted by Crippen LogP contribution is 2.07. The molecule has 0 bridgehead atoms. The number of aromatic carboxylic acids is 2. The molecule has 5 heteroatoms.